The Morgan fingerprint density at radius 3 is 2.67 bits per heavy atom. The van der Waals surface area contributed by atoms with Crippen LogP contribution in [-0.4, -0.2) is 15.8 Å². The van der Waals surface area contributed by atoms with Crippen LogP contribution in [0, 0.1) is 29.8 Å². The van der Waals surface area contributed by atoms with E-state index in [1.165, 1.54) is 13.1 Å². The van der Waals surface area contributed by atoms with Crippen molar-refractivity contribution in [3.8, 4) is 0 Å². The van der Waals surface area contributed by atoms with Crippen LogP contribution < -0.4 is 5.32 Å². The van der Waals surface area contributed by atoms with Gasteiger partial charge in [0.15, 0.2) is 0 Å². The van der Waals surface area contributed by atoms with Gasteiger partial charge in [-0.1, -0.05) is 0 Å². The van der Waals surface area contributed by atoms with E-state index in [1.54, 1.807) is 19.2 Å². The van der Waals surface area contributed by atoms with Crippen molar-refractivity contribution in [2.24, 2.45) is 0 Å². The van der Waals surface area contributed by atoms with Gasteiger partial charge in [-0.2, -0.15) is 0 Å². The molecule has 1 heterocycles. The number of anilines is 1. The molecule has 0 aliphatic carbocycles. The first-order valence-electron chi connectivity index (χ1n) is 6.06. The van der Waals surface area contributed by atoms with E-state index in [0.29, 0.717) is 11.3 Å². The van der Waals surface area contributed by atoms with Crippen LogP contribution in [0.5, 0.6) is 0 Å². The van der Waals surface area contributed by atoms with Gasteiger partial charge in [0.25, 0.3) is 11.6 Å². The zero-order valence-corrected chi connectivity index (χ0v) is 11.4. The van der Waals surface area contributed by atoms with Gasteiger partial charge < -0.3 is 5.32 Å². The first-order chi connectivity index (χ1) is 9.90. The molecular formula is C14H12FN3O3. The zero-order valence-electron chi connectivity index (χ0n) is 11.4. The van der Waals surface area contributed by atoms with E-state index in [-0.39, 0.29) is 16.8 Å². The highest BCUT2D eigenvalue weighted by atomic mass is 19.1. The molecule has 0 aliphatic rings. The quantitative estimate of drug-likeness (QED) is 0.695. The number of nitrogens with one attached hydrogen (secondary N) is 1. The number of amides is 1. The minimum absolute atomic E-state index is 0.0424. The molecular weight excluding hydrogens is 277 g/mol. The van der Waals surface area contributed by atoms with Gasteiger partial charge in [0.1, 0.15) is 5.82 Å². The van der Waals surface area contributed by atoms with Crippen LogP contribution in [0.25, 0.3) is 0 Å². The van der Waals surface area contributed by atoms with Gasteiger partial charge >= 0.3 is 0 Å². The number of hydrogen-bond donors (Lipinski definition) is 1. The highest BCUT2D eigenvalue weighted by Crippen LogP contribution is 2.22. The average molecular weight is 289 g/mol. The third-order valence-corrected chi connectivity index (χ3v) is 2.96. The normalized spacial score (nSPS) is 10.2. The molecule has 2 aromatic rings. The Hall–Kier alpha value is -2.83. The summed E-state index contributed by atoms with van der Waals surface area (Å²) in [5, 5.41) is 13.3. The molecule has 7 heteroatoms. The fourth-order valence-corrected chi connectivity index (χ4v) is 1.82. The molecule has 0 radical (unpaired) electrons. The molecule has 0 bridgehead atoms. The van der Waals surface area contributed by atoms with E-state index in [2.05, 4.69) is 10.3 Å². The zero-order chi connectivity index (χ0) is 15.6. The van der Waals surface area contributed by atoms with Gasteiger partial charge in [0.2, 0.25) is 0 Å². The lowest BCUT2D eigenvalue weighted by Gasteiger charge is -2.09. The fourth-order valence-electron chi connectivity index (χ4n) is 1.82. The predicted octanol–water partition coefficient (Wildman–Crippen LogP) is 3.00. The highest BCUT2D eigenvalue weighted by molar-refractivity contribution is 6.05. The van der Waals surface area contributed by atoms with E-state index >= 15 is 0 Å². The number of nitro groups is 1. The van der Waals surface area contributed by atoms with Crippen molar-refractivity contribution in [1.29, 1.82) is 0 Å². The third kappa shape index (κ3) is 3.02. The Bertz CT molecular complexity index is 731. The van der Waals surface area contributed by atoms with Crippen molar-refractivity contribution in [3.63, 3.8) is 0 Å². The summed E-state index contributed by atoms with van der Waals surface area (Å²) in [6, 6.07) is 3.58. The largest absolute Gasteiger partial charge is 0.322 e. The smallest absolute Gasteiger partial charge is 0.270 e. The summed E-state index contributed by atoms with van der Waals surface area (Å²) in [7, 11) is 0. The Labute approximate surface area is 119 Å². The van der Waals surface area contributed by atoms with E-state index in [1.807, 2.05) is 0 Å². The summed E-state index contributed by atoms with van der Waals surface area (Å²) >= 11 is 0. The monoisotopic (exact) mass is 289 g/mol. The molecule has 1 N–H and O–H groups in total. The maximum absolute atomic E-state index is 14.0. The van der Waals surface area contributed by atoms with Crippen LogP contribution in [0.15, 0.2) is 30.6 Å². The van der Waals surface area contributed by atoms with Crippen molar-refractivity contribution in [2.75, 3.05) is 5.32 Å². The van der Waals surface area contributed by atoms with Gasteiger partial charge in [-0.3, -0.25) is 19.9 Å². The van der Waals surface area contributed by atoms with Crippen LogP contribution >= 0.6 is 0 Å². The molecule has 108 valence electrons. The van der Waals surface area contributed by atoms with Gasteiger partial charge in [0.05, 0.1) is 10.5 Å². The minimum Gasteiger partial charge on any atom is -0.322 e. The number of benzene rings is 1. The summed E-state index contributed by atoms with van der Waals surface area (Å²) in [6.07, 6.45) is 3.03. The number of nitrogens with zero attached hydrogens (tertiary/aromatic N) is 2. The fraction of sp³-hybridized carbons (Fsp3) is 0.143. The molecule has 0 unspecified atom stereocenters. The second-order valence-electron chi connectivity index (χ2n) is 4.53. The third-order valence-electron chi connectivity index (χ3n) is 2.96. The Morgan fingerprint density at radius 2 is 2.05 bits per heavy atom. The van der Waals surface area contributed by atoms with Gasteiger partial charge in [-0.15, -0.1) is 0 Å². The van der Waals surface area contributed by atoms with Crippen molar-refractivity contribution in [1.82, 2.24) is 4.98 Å². The molecule has 6 nitrogen and oxygen atoms in total. The average Bonchev–Trinajstić information content (AvgIpc) is 2.43. The van der Waals surface area contributed by atoms with Crippen LogP contribution in [0.2, 0.25) is 0 Å². The van der Waals surface area contributed by atoms with Crippen LogP contribution in [0.4, 0.5) is 15.8 Å². The Balaban J connectivity index is 2.39. The summed E-state index contributed by atoms with van der Waals surface area (Å²) in [5.41, 5.74) is 0.524. The standard InChI is InChI=1S/C14H12FN3O3/c1-8-5-10(18(20)21)6-11(13(8)15)14(19)17-12-3-4-16-7-9(12)2/h3-7H,1-2H3,(H,16,17,19). The number of carbonyl (C=O) groups excluding carboxylic acids is 1. The lowest BCUT2D eigenvalue weighted by Crippen LogP contribution is -2.15. The molecule has 0 fully saturated rings. The number of aryl methyl sites for hydroxylation is 2. The first kappa shape index (κ1) is 14.6. The van der Waals surface area contributed by atoms with E-state index in [0.717, 1.165) is 12.1 Å². The predicted molar refractivity (Wildman–Crippen MR) is 74.7 cm³/mol. The lowest BCUT2D eigenvalue weighted by molar-refractivity contribution is -0.385. The summed E-state index contributed by atoms with van der Waals surface area (Å²) in [4.78, 5) is 26.1. The molecule has 0 atom stereocenters. The van der Waals surface area contributed by atoms with Crippen molar-refractivity contribution in [3.05, 3.63) is 63.2 Å². The molecule has 1 amide bonds. The van der Waals surface area contributed by atoms with Gasteiger partial charge in [-0.05, 0) is 31.0 Å². The summed E-state index contributed by atoms with van der Waals surface area (Å²) < 4.78 is 14.0. The Morgan fingerprint density at radius 1 is 1.33 bits per heavy atom. The SMILES string of the molecule is Cc1cnccc1NC(=O)c1cc([N+](=O)[O-])cc(C)c1F. The molecule has 0 saturated heterocycles. The number of aromatic nitrogens is 1. The number of pyridine rings is 1. The van der Waals surface area contributed by atoms with Crippen molar-refractivity contribution in [2.45, 2.75) is 13.8 Å². The maximum atomic E-state index is 14.0. The number of rotatable bonds is 3. The summed E-state index contributed by atoms with van der Waals surface area (Å²) in [5.74, 6) is -1.52. The topological polar surface area (TPSA) is 85.1 Å². The number of nitro benzene ring substituents is 1. The van der Waals surface area contributed by atoms with Crippen LogP contribution in [-0.2, 0) is 0 Å². The van der Waals surface area contributed by atoms with Gasteiger partial charge in [0, 0.05) is 30.2 Å². The molecule has 1 aromatic carbocycles. The van der Waals surface area contributed by atoms with Crippen molar-refractivity contribution < 1.29 is 14.1 Å². The highest BCUT2D eigenvalue weighted by Gasteiger charge is 2.20. The molecule has 21 heavy (non-hydrogen) atoms. The van der Waals surface area contributed by atoms with Crippen molar-refractivity contribution >= 4 is 17.3 Å². The first-order valence-corrected chi connectivity index (χ1v) is 6.06. The molecule has 1 aromatic heterocycles. The number of halogens is 1. The minimum atomic E-state index is -0.773. The van der Waals surface area contributed by atoms with E-state index in [4.69, 9.17) is 0 Å². The van der Waals surface area contributed by atoms with E-state index < -0.39 is 16.6 Å². The second-order valence-corrected chi connectivity index (χ2v) is 4.53. The number of carbonyl (C=O) groups is 1. The second kappa shape index (κ2) is 5.66. The van der Waals surface area contributed by atoms with Crippen LogP contribution in [0.3, 0.4) is 0 Å². The molecule has 2 rings (SSSR count). The maximum Gasteiger partial charge on any atom is 0.270 e. The number of hydrogen-bond acceptors (Lipinski definition) is 4. The molecule has 0 saturated carbocycles. The van der Waals surface area contributed by atoms with Gasteiger partial charge in [-0.25, -0.2) is 4.39 Å². The molecule has 0 spiro atoms. The van der Waals surface area contributed by atoms with E-state index in [9.17, 15) is 19.3 Å². The Kier molecular flexibility index (Phi) is 3.93. The summed E-state index contributed by atoms with van der Waals surface area (Å²) in [6.45, 7) is 3.11. The van der Waals surface area contributed by atoms with Crippen LogP contribution in [0.1, 0.15) is 21.5 Å². The number of non-ortho nitro benzene ring substituents is 1. The molecule has 0 aliphatic heterocycles. The lowest BCUT2D eigenvalue weighted by atomic mass is 10.1.